The van der Waals surface area contributed by atoms with Gasteiger partial charge in [0.1, 0.15) is 0 Å². The number of aromatic nitrogens is 1. The van der Waals surface area contributed by atoms with E-state index in [1.165, 1.54) is 0 Å². The van der Waals surface area contributed by atoms with Gasteiger partial charge in [-0.3, -0.25) is 4.79 Å². The molecule has 1 amide bonds. The van der Waals surface area contributed by atoms with Crippen LogP contribution in [0.5, 0.6) is 0 Å². The van der Waals surface area contributed by atoms with Crippen molar-refractivity contribution in [2.45, 2.75) is 32.6 Å². The van der Waals surface area contributed by atoms with Crippen LogP contribution in [-0.4, -0.2) is 30.5 Å². The average Bonchev–Trinajstić information content (AvgIpc) is 2.92. The van der Waals surface area contributed by atoms with Crippen LogP contribution in [0.25, 0.3) is 0 Å². The van der Waals surface area contributed by atoms with E-state index in [0.29, 0.717) is 6.54 Å². The van der Waals surface area contributed by atoms with Gasteiger partial charge in [-0.15, -0.1) is 11.3 Å². The molecule has 2 rings (SSSR count). The first-order valence-corrected chi connectivity index (χ1v) is 7.52. The van der Waals surface area contributed by atoms with Crippen LogP contribution < -0.4 is 10.6 Å². The zero-order valence-electron chi connectivity index (χ0n) is 10.9. The molecular weight excluding hydrogens is 246 g/mol. The predicted molar refractivity (Wildman–Crippen MR) is 73.7 cm³/mol. The third kappa shape index (κ3) is 3.09. The molecule has 2 N–H and O–H groups in total. The van der Waals surface area contributed by atoms with E-state index in [4.69, 9.17) is 0 Å². The van der Waals surface area contributed by atoms with Crippen LogP contribution in [-0.2, 0) is 11.2 Å². The maximum absolute atomic E-state index is 12.3. The van der Waals surface area contributed by atoms with Gasteiger partial charge in [-0.2, -0.15) is 0 Å². The van der Waals surface area contributed by atoms with E-state index in [9.17, 15) is 4.79 Å². The monoisotopic (exact) mass is 267 g/mol. The van der Waals surface area contributed by atoms with Crippen molar-refractivity contribution in [3.05, 3.63) is 16.6 Å². The van der Waals surface area contributed by atoms with Gasteiger partial charge >= 0.3 is 0 Å². The molecule has 0 atom stereocenters. The van der Waals surface area contributed by atoms with Crippen molar-refractivity contribution in [2.75, 3.05) is 19.6 Å². The molecule has 1 aromatic rings. The molecule has 0 aromatic carbocycles. The molecule has 0 radical (unpaired) electrons. The van der Waals surface area contributed by atoms with Gasteiger partial charge in [0.15, 0.2) is 0 Å². The van der Waals surface area contributed by atoms with Gasteiger partial charge in [0, 0.05) is 24.5 Å². The summed E-state index contributed by atoms with van der Waals surface area (Å²) in [5, 5.41) is 9.46. The Morgan fingerprint density at radius 1 is 1.56 bits per heavy atom. The molecule has 1 saturated heterocycles. The van der Waals surface area contributed by atoms with Crippen LogP contribution in [0.3, 0.4) is 0 Å². The molecule has 5 heteroatoms. The number of rotatable bonds is 5. The predicted octanol–water partition coefficient (Wildman–Crippen LogP) is 1.58. The molecular formula is C13H21N3OS. The number of carbonyl (C=O) groups excluding carboxylic acids is 1. The van der Waals surface area contributed by atoms with Crippen molar-refractivity contribution in [1.82, 2.24) is 15.6 Å². The van der Waals surface area contributed by atoms with Crippen molar-refractivity contribution >= 4 is 17.2 Å². The molecule has 0 aliphatic carbocycles. The Hall–Kier alpha value is -0.940. The van der Waals surface area contributed by atoms with Gasteiger partial charge in [-0.25, -0.2) is 4.98 Å². The maximum atomic E-state index is 12.3. The second kappa shape index (κ2) is 6.29. The average molecular weight is 267 g/mol. The van der Waals surface area contributed by atoms with Gasteiger partial charge in [-0.1, -0.05) is 6.92 Å². The summed E-state index contributed by atoms with van der Waals surface area (Å²) in [4.78, 5) is 16.5. The Balaban J connectivity index is 1.82. The lowest BCUT2D eigenvalue weighted by Gasteiger charge is -2.35. The summed E-state index contributed by atoms with van der Waals surface area (Å²) in [5.41, 5.74) is -0.145. The van der Waals surface area contributed by atoms with Crippen LogP contribution in [0.2, 0.25) is 0 Å². The Morgan fingerprint density at radius 2 is 2.33 bits per heavy atom. The first-order chi connectivity index (χ1) is 8.77. The molecule has 0 unspecified atom stereocenters. The number of amides is 1. The number of carbonyl (C=O) groups is 1. The van der Waals surface area contributed by atoms with Gasteiger partial charge in [0.2, 0.25) is 5.91 Å². The normalized spacial score (nSPS) is 18.5. The molecule has 0 saturated carbocycles. The quantitative estimate of drug-likeness (QED) is 0.851. The molecule has 18 heavy (non-hydrogen) atoms. The van der Waals surface area contributed by atoms with E-state index in [-0.39, 0.29) is 11.3 Å². The van der Waals surface area contributed by atoms with Crippen LogP contribution in [0.1, 0.15) is 31.2 Å². The molecule has 1 aromatic heterocycles. The second-order valence-electron chi connectivity index (χ2n) is 4.82. The van der Waals surface area contributed by atoms with Crippen LogP contribution in [0.15, 0.2) is 11.6 Å². The summed E-state index contributed by atoms with van der Waals surface area (Å²) >= 11 is 1.64. The second-order valence-corrected chi connectivity index (χ2v) is 5.79. The Kier molecular flexibility index (Phi) is 4.72. The highest BCUT2D eigenvalue weighted by molar-refractivity contribution is 7.09. The molecule has 0 bridgehead atoms. The minimum atomic E-state index is -0.145. The SMILES string of the molecule is CCC1(C(=O)NCCc2nccs2)CCNCC1. The fourth-order valence-electron chi connectivity index (χ4n) is 2.49. The smallest absolute Gasteiger partial charge is 0.226 e. The molecule has 100 valence electrons. The van der Waals surface area contributed by atoms with Crippen molar-refractivity contribution in [2.24, 2.45) is 5.41 Å². The minimum absolute atomic E-state index is 0.145. The molecule has 2 heterocycles. The van der Waals surface area contributed by atoms with Crippen molar-refractivity contribution in [3.63, 3.8) is 0 Å². The summed E-state index contributed by atoms with van der Waals surface area (Å²) in [6.07, 6.45) is 5.47. The minimum Gasteiger partial charge on any atom is -0.355 e. The maximum Gasteiger partial charge on any atom is 0.226 e. The van der Waals surface area contributed by atoms with E-state index >= 15 is 0 Å². The molecule has 4 nitrogen and oxygen atoms in total. The highest BCUT2D eigenvalue weighted by Crippen LogP contribution is 2.32. The van der Waals surface area contributed by atoms with Crippen LogP contribution >= 0.6 is 11.3 Å². The first kappa shape index (κ1) is 13.5. The number of nitrogens with one attached hydrogen (secondary N) is 2. The van der Waals surface area contributed by atoms with E-state index in [1.54, 1.807) is 11.3 Å². The molecule has 1 aliphatic rings. The number of thiazole rings is 1. The zero-order chi connectivity index (χ0) is 12.8. The molecule has 0 spiro atoms. The Bertz CT molecular complexity index is 372. The third-order valence-corrected chi connectivity index (χ3v) is 4.67. The summed E-state index contributed by atoms with van der Waals surface area (Å²) in [6.45, 7) is 4.72. The fraction of sp³-hybridized carbons (Fsp3) is 0.692. The number of hydrogen-bond acceptors (Lipinski definition) is 4. The summed E-state index contributed by atoms with van der Waals surface area (Å²) in [5.74, 6) is 0.225. The van der Waals surface area contributed by atoms with Crippen molar-refractivity contribution < 1.29 is 4.79 Å². The molecule has 1 fully saturated rings. The van der Waals surface area contributed by atoms with Crippen molar-refractivity contribution in [1.29, 1.82) is 0 Å². The summed E-state index contributed by atoms with van der Waals surface area (Å²) in [6, 6.07) is 0. The zero-order valence-corrected chi connectivity index (χ0v) is 11.7. The van der Waals surface area contributed by atoms with E-state index in [2.05, 4.69) is 22.5 Å². The lowest BCUT2D eigenvalue weighted by atomic mass is 9.76. The van der Waals surface area contributed by atoms with Gasteiger partial charge in [0.25, 0.3) is 0 Å². The van der Waals surface area contributed by atoms with E-state index < -0.39 is 0 Å². The van der Waals surface area contributed by atoms with Gasteiger partial charge < -0.3 is 10.6 Å². The van der Waals surface area contributed by atoms with Crippen molar-refractivity contribution in [3.8, 4) is 0 Å². The van der Waals surface area contributed by atoms with E-state index in [1.807, 2.05) is 11.6 Å². The summed E-state index contributed by atoms with van der Waals surface area (Å²) < 4.78 is 0. The van der Waals surface area contributed by atoms with Gasteiger partial charge in [-0.05, 0) is 32.4 Å². The van der Waals surface area contributed by atoms with Crippen LogP contribution in [0, 0.1) is 5.41 Å². The number of hydrogen-bond donors (Lipinski definition) is 2. The highest BCUT2D eigenvalue weighted by atomic mass is 32.1. The third-order valence-electron chi connectivity index (χ3n) is 3.83. The van der Waals surface area contributed by atoms with Gasteiger partial charge in [0.05, 0.1) is 10.4 Å². The Morgan fingerprint density at radius 3 is 2.94 bits per heavy atom. The van der Waals surface area contributed by atoms with Crippen LogP contribution in [0.4, 0.5) is 0 Å². The Labute approximate surface area is 112 Å². The number of nitrogens with zero attached hydrogens (tertiary/aromatic N) is 1. The first-order valence-electron chi connectivity index (χ1n) is 6.64. The fourth-order valence-corrected chi connectivity index (χ4v) is 3.11. The standard InChI is InChI=1S/C13H21N3OS/c1-2-13(4-7-14-8-5-13)12(17)16-6-3-11-15-9-10-18-11/h9-10,14H,2-8H2,1H3,(H,16,17). The number of piperidine rings is 1. The van der Waals surface area contributed by atoms with E-state index in [0.717, 1.165) is 43.8 Å². The lowest BCUT2D eigenvalue weighted by Crippen LogP contribution is -2.47. The largest absolute Gasteiger partial charge is 0.355 e. The summed E-state index contributed by atoms with van der Waals surface area (Å²) in [7, 11) is 0. The topological polar surface area (TPSA) is 54.0 Å². The highest BCUT2D eigenvalue weighted by Gasteiger charge is 2.37. The lowest BCUT2D eigenvalue weighted by molar-refractivity contribution is -0.132. The molecule has 1 aliphatic heterocycles.